The quantitative estimate of drug-likeness (QED) is 0.598. The molecule has 1 amide bonds. The van der Waals surface area contributed by atoms with Crippen LogP contribution in [0.4, 0.5) is 0 Å². The largest absolute Gasteiger partial charge is 0.493 e. The van der Waals surface area contributed by atoms with E-state index in [1.807, 2.05) is 12.1 Å². The van der Waals surface area contributed by atoms with Crippen LogP contribution in [0.3, 0.4) is 0 Å². The SMILES string of the molecule is COc1cc(/C=N\NC(=O)c2ccc3c(c2)OCO3)ccc1OCC(C)C. The van der Waals surface area contributed by atoms with Crippen molar-refractivity contribution in [3.05, 3.63) is 47.5 Å². The van der Waals surface area contributed by atoms with Gasteiger partial charge in [0.2, 0.25) is 6.79 Å². The molecule has 0 saturated carbocycles. The third kappa shape index (κ3) is 4.69. The number of nitrogens with one attached hydrogen (secondary N) is 1. The molecular weight excluding hydrogens is 348 g/mol. The van der Waals surface area contributed by atoms with Crippen LogP contribution in [0.15, 0.2) is 41.5 Å². The summed E-state index contributed by atoms with van der Waals surface area (Å²) in [5.41, 5.74) is 3.70. The van der Waals surface area contributed by atoms with Gasteiger partial charge < -0.3 is 18.9 Å². The van der Waals surface area contributed by atoms with E-state index in [0.717, 1.165) is 5.56 Å². The molecule has 3 rings (SSSR count). The summed E-state index contributed by atoms with van der Waals surface area (Å²) in [5.74, 6) is 2.54. The van der Waals surface area contributed by atoms with Crippen LogP contribution < -0.4 is 24.4 Å². The highest BCUT2D eigenvalue weighted by molar-refractivity contribution is 5.95. The molecule has 1 aliphatic heterocycles. The number of amides is 1. The molecule has 7 heteroatoms. The fourth-order valence-corrected chi connectivity index (χ4v) is 2.41. The third-order valence-corrected chi connectivity index (χ3v) is 3.77. The van der Waals surface area contributed by atoms with E-state index in [-0.39, 0.29) is 12.7 Å². The minimum absolute atomic E-state index is 0.164. The minimum atomic E-state index is -0.339. The molecule has 1 aliphatic rings. The van der Waals surface area contributed by atoms with E-state index in [1.54, 1.807) is 37.6 Å². The molecule has 1 heterocycles. The van der Waals surface area contributed by atoms with E-state index < -0.39 is 0 Å². The van der Waals surface area contributed by atoms with Crippen LogP contribution in [0.1, 0.15) is 29.8 Å². The summed E-state index contributed by atoms with van der Waals surface area (Å²) in [6, 6.07) is 10.4. The Kier molecular flexibility index (Phi) is 5.80. The Labute approximate surface area is 157 Å². The fourth-order valence-electron chi connectivity index (χ4n) is 2.41. The van der Waals surface area contributed by atoms with Crippen molar-refractivity contribution in [1.29, 1.82) is 0 Å². The molecule has 0 radical (unpaired) electrons. The van der Waals surface area contributed by atoms with E-state index in [9.17, 15) is 4.79 Å². The Morgan fingerprint density at radius 2 is 2.00 bits per heavy atom. The predicted octanol–water partition coefficient (Wildman–Crippen LogP) is 3.22. The highest BCUT2D eigenvalue weighted by Gasteiger charge is 2.15. The number of carbonyl (C=O) groups is 1. The highest BCUT2D eigenvalue weighted by atomic mass is 16.7. The summed E-state index contributed by atoms with van der Waals surface area (Å²) in [6.45, 7) is 4.93. The number of hydrogen-bond donors (Lipinski definition) is 1. The number of methoxy groups -OCH3 is 1. The summed E-state index contributed by atoms with van der Waals surface area (Å²) >= 11 is 0. The second-order valence-corrected chi connectivity index (χ2v) is 6.38. The second kappa shape index (κ2) is 8.44. The van der Waals surface area contributed by atoms with E-state index in [4.69, 9.17) is 18.9 Å². The molecule has 0 aromatic heterocycles. The number of hydrogen-bond acceptors (Lipinski definition) is 6. The van der Waals surface area contributed by atoms with Crippen LogP contribution >= 0.6 is 0 Å². The molecule has 0 saturated heterocycles. The highest BCUT2D eigenvalue weighted by Crippen LogP contribution is 2.32. The van der Waals surface area contributed by atoms with Crippen LogP contribution in [0.5, 0.6) is 23.0 Å². The molecule has 0 bridgehead atoms. The fraction of sp³-hybridized carbons (Fsp3) is 0.300. The number of hydrazone groups is 1. The van der Waals surface area contributed by atoms with Crippen molar-refractivity contribution in [3.8, 4) is 23.0 Å². The van der Waals surface area contributed by atoms with Crippen molar-refractivity contribution >= 4 is 12.1 Å². The number of benzene rings is 2. The minimum Gasteiger partial charge on any atom is -0.493 e. The van der Waals surface area contributed by atoms with Gasteiger partial charge in [-0.1, -0.05) is 13.8 Å². The van der Waals surface area contributed by atoms with Gasteiger partial charge in [-0.15, -0.1) is 0 Å². The summed E-state index contributed by atoms with van der Waals surface area (Å²) in [7, 11) is 1.58. The molecule has 0 fully saturated rings. The molecule has 2 aromatic rings. The first-order chi connectivity index (χ1) is 13.1. The monoisotopic (exact) mass is 370 g/mol. The lowest BCUT2D eigenvalue weighted by molar-refractivity contribution is 0.0954. The van der Waals surface area contributed by atoms with Crippen LogP contribution in [-0.2, 0) is 0 Å². The van der Waals surface area contributed by atoms with Gasteiger partial charge in [0, 0.05) is 5.56 Å². The predicted molar refractivity (Wildman–Crippen MR) is 101 cm³/mol. The smallest absolute Gasteiger partial charge is 0.271 e. The Morgan fingerprint density at radius 1 is 1.19 bits per heavy atom. The van der Waals surface area contributed by atoms with Crippen LogP contribution in [-0.4, -0.2) is 32.6 Å². The van der Waals surface area contributed by atoms with Crippen molar-refractivity contribution < 1.29 is 23.7 Å². The molecule has 0 atom stereocenters. The number of carbonyl (C=O) groups excluding carboxylic acids is 1. The van der Waals surface area contributed by atoms with Crippen molar-refractivity contribution in [2.75, 3.05) is 20.5 Å². The molecule has 1 N–H and O–H groups in total. The van der Waals surface area contributed by atoms with Crippen LogP contribution in [0.2, 0.25) is 0 Å². The van der Waals surface area contributed by atoms with Gasteiger partial charge in [0.05, 0.1) is 19.9 Å². The molecule has 0 unspecified atom stereocenters. The molecule has 0 spiro atoms. The Hall–Kier alpha value is -3.22. The average molecular weight is 370 g/mol. The average Bonchev–Trinajstić information content (AvgIpc) is 3.14. The number of fused-ring (bicyclic) bond motifs is 1. The Morgan fingerprint density at radius 3 is 2.78 bits per heavy atom. The van der Waals surface area contributed by atoms with Gasteiger partial charge >= 0.3 is 0 Å². The van der Waals surface area contributed by atoms with Crippen LogP contribution in [0.25, 0.3) is 0 Å². The van der Waals surface area contributed by atoms with E-state index in [2.05, 4.69) is 24.4 Å². The van der Waals surface area contributed by atoms with Gasteiger partial charge in [0.25, 0.3) is 5.91 Å². The standard InChI is InChI=1S/C20H22N2O5/c1-13(2)11-25-16-6-4-14(8-18(16)24-3)10-21-22-20(23)15-5-7-17-19(9-15)27-12-26-17/h4-10,13H,11-12H2,1-3H3,(H,22,23)/b21-10-. The lowest BCUT2D eigenvalue weighted by Crippen LogP contribution is -2.17. The van der Waals surface area contributed by atoms with E-state index >= 15 is 0 Å². The lowest BCUT2D eigenvalue weighted by Gasteiger charge is -2.12. The second-order valence-electron chi connectivity index (χ2n) is 6.38. The first-order valence-corrected chi connectivity index (χ1v) is 8.60. The maximum Gasteiger partial charge on any atom is 0.271 e. The number of ether oxygens (including phenoxy) is 4. The molecular formula is C20H22N2O5. The Balaban J connectivity index is 1.62. The van der Waals surface area contributed by atoms with Crippen molar-refractivity contribution in [3.63, 3.8) is 0 Å². The van der Waals surface area contributed by atoms with Gasteiger partial charge in [0.15, 0.2) is 23.0 Å². The first kappa shape index (κ1) is 18.6. The summed E-state index contributed by atoms with van der Waals surface area (Å²) in [6.07, 6.45) is 1.54. The van der Waals surface area contributed by atoms with Gasteiger partial charge in [-0.25, -0.2) is 5.43 Å². The zero-order chi connectivity index (χ0) is 19.2. The van der Waals surface area contributed by atoms with Gasteiger partial charge in [-0.2, -0.15) is 5.10 Å². The molecule has 2 aromatic carbocycles. The molecule has 0 aliphatic carbocycles. The zero-order valence-corrected chi connectivity index (χ0v) is 15.5. The van der Waals surface area contributed by atoms with Gasteiger partial charge in [-0.05, 0) is 47.9 Å². The van der Waals surface area contributed by atoms with Crippen LogP contribution in [0, 0.1) is 5.92 Å². The van der Waals surface area contributed by atoms with Crippen molar-refractivity contribution in [2.24, 2.45) is 11.0 Å². The third-order valence-electron chi connectivity index (χ3n) is 3.77. The number of rotatable bonds is 7. The molecule has 7 nitrogen and oxygen atoms in total. The summed E-state index contributed by atoms with van der Waals surface area (Å²) < 4.78 is 21.6. The van der Waals surface area contributed by atoms with Gasteiger partial charge in [-0.3, -0.25) is 4.79 Å². The summed E-state index contributed by atoms with van der Waals surface area (Å²) in [4.78, 5) is 12.2. The van der Waals surface area contributed by atoms with Crippen molar-refractivity contribution in [1.82, 2.24) is 5.43 Å². The maximum atomic E-state index is 12.2. The zero-order valence-electron chi connectivity index (χ0n) is 15.5. The topological polar surface area (TPSA) is 78.4 Å². The van der Waals surface area contributed by atoms with Crippen molar-refractivity contribution in [2.45, 2.75) is 13.8 Å². The maximum absolute atomic E-state index is 12.2. The summed E-state index contributed by atoms with van der Waals surface area (Å²) in [5, 5.41) is 4.00. The van der Waals surface area contributed by atoms with E-state index in [0.29, 0.717) is 41.1 Å². The Bertz CT molecular complexity index is 848. The van der Waals surface area contributed by atoms with E-state index in [1.165, 1.54) is 0 Å². The molecule has 142 valence electrons. The van der Waals surface area contributed by atoms with Gasteiger partial charge in [0.1, 0.15) is 0 Å². The lowest BCUT2D eigenvalue weighted by atomic mass is 10.2. The first-order valence-electron chi connectivity index (χ1n) is 8.60. The molecule has 27 heavy (non-hydrogen) atoms. The normalized spacial score (nSPS) is 12.4. The number of nitrogens with zero attached hydrogens (tertiary/aromatic N) is 1.